The summed E-state index contributed by atoms with van der Waals surface area (Å²) >= 11 is 0.980. The molecule has 0 bridgehead atoms. The highest BCUT2D eigenvalue weighted by Gasteiger charge is 2.40. The number of hydrogen-bond donors (Lipinski definition) is 2. The lowest BCUT2D eigenvalue weighted by molar-refractivity contribution is -0.121. The van der Waals surface area contributed by atoms with Crippen molar-refractivity contribution in [1.82, 2.24) is 0 Å². The minimum absolute atomic E-state index is 0.0345. The number of nitrogens with two attached hydrogens (primary N) is 1. The molecule has 0 spiro atoms. The number of hydrogen-bond acceptors (Lipinski definition) is 8. The van der Waals surface area contributed by atoms with Crippen LogP contribution < -0.4 is 20.1 Å². The number of benzene rings is 2. The molecule has 2 aromatic rings. The van der Waals surface area contributed by atoms with Gasteiger partial charge in [0.15, 0.2) is 16.7 Å². The standard InChI is InChI=1S/C23H22N4O6S/c1-13(2-3-14-4-9-17-18(10-14)33-12-32-17)25-26-23(24)34-19-11-20(28)27(21(19)29)16-7-5-15(6-8-16)22(30)31/h4-10,19H,2-3,11-12H2,1H3,(H2,24,26)(H,30,31). The normalized spacial score (nSPS) is 18.0. The second-order valence-corrected chi connectivity index (χ2v) is 8.91. The molecule has 0 aromatic heterocycles. The van der Waals surface area contributed by atoms with Gasteiger partial charge in [-0.05, 0) is 61.7 Å². The maximum absolute atomic E-state index is 12.8. The Morgan fingerprint density at radius 1 is 1.15 bits per heavy atom. The fourth-order valence-corrected chi connectivity index (χ4v) is 4.31. The molecule has 0 radical (unpaired) electrons. The minimum atomic E-state index is -1.09. The van der Waals surface area contributed by atoms with Crippen LogP contribution in [0.5, 0.6) is 11.5 Å². The van der Waals surface area contributed by atoms with E-state index < -0.39 is 17.1 Å². The summed E-state index contributed by atoms with van der Waals surface area (Å²) in [5.74, 6) is -0.441. The van der Waals surface area contributed by atoms with Crippen molar-refractivity contribution in [2.45, 2.75) is 31.4 Å². The molecular formula is C23H22N4O6S. The number of aryl methyl sites for hydroxylation is 1. The number of imide groups is 1. The van der Waals surface area contributed by atoms with Crippen LogP contribution in [0.2, 0.25) is 0 Å². The van der Waals surface area contributed by atoms with E-state index in [-0.39, 0.29) is 29.9 Å². The number of thioether (sulfide) groups is 1. The average molecular weight is 483 g/mol. The number of nitrogens with zero attached hydrogens (tertiary/aromatic N) is 3. The number of carbonyl (C=O) groups is 3. The van der Waals surface area contributed by atoms with Gasteiger partial charge in [0.25, 0.3) is 0 Å². The molecule has 2 heterocycles. The summed E-state index contributed by atoms with van der Waals surface area (Å²) in [7, 11) is 0. The summed E-state index contributed by atoms with van der Waals surface area (Å²) in [4.78, 5) is 37.2. The van der Waals surface area contributed by atoms with Crippen molar-refractivity contribution in [3.63, 3.8) is 0 Å². The fraction of sp³-hybridized carbons (Fsp3) is 0.261. The number of amidine groups is 1. The zero-order valence-corrected chi connectivity index (χ0v) is 19.1. The zero-order chi connectivity index (χ0) is 24.2. The first kappa shape index (κ1) is 23.3. The third-order valence-electron chi connectivity index (χ3n) is 5.27. The molecule has 0 saturated carbocycles. The number of anilines is 1. The Labute approximate surface area is 199 Å². The maximum Gasteiger partial charge on any atom is 0.335 e. The topological polar surface area (TPSA) is 144 Å². The van der Waals surface area contributed by atoms with E-state index in [0.29, 0.717) is 12.1 Å². The van der Waals surface area contributed by atoms with Crippen molar-refractivity contribution in [2.75, 3.05) is 11.7 Å². The first-order chi connectivity index (χ1) is 16.3. The van der Waals surface area contributed by atoms with Gasteiger partial charge in [0, 0.05) is 12.1 Å². The summed E-state index contributed by atoms with van der Waals surface area (Å²) in [6, 6.07) is 11.3. The molecule has 11 heteroatoms. The van der Waals surface area contributed by atoms with Crippen LogP contribution in [0.1, 0.15) is 35.7 Å². The number of ether oxygens (including phenoxy) is 2. The predicted molar refractivity (Wildman–Crippen MR) is 128 cm³/mol. The van der Waals surface area contributed by atoms with Crippen LogP contribution in [0.15, 0.2) is 52.7 Å². The van der Waals surface area contributed by atoms with Crippen molar-refractivity contribution in [1.29, 1.82) is 0 Å². The van der Waals surface area contributed by atoms with E-state index in [1.54, 1.807) is 0 Å². The molecule has 3 N–H and O–H groups in total. The highest BCUT2D eigenvalue weighted by molar-refractivity contribution is 8.14. The van der Waals surface area contributed by atoms with Crippen molar-refractivity contribution in [2.24, 2.45) is 15.9 Å². The zero-order valence-electron chi connectivity index (χ0n) is 18.3. The molecule has 1 fully saturated rings. The van der Waals surface area contributed by atoms with Gasteiger partial charge in [-0.15, -0.1) is 5.10 Å². The minimum Gasteiger partial charge on any atom is -0.478 e. The van der Waals surface area contributed by atoms with Crippen molar-refractivity contribution in [3.8, 4) is 11.5 Å². The lowest BCUT2D eigenvalue weighted by atomic mass is 10.1. The molecular weight excluding hydrogens is 460 g/mol. The first-order valence-electron chi connectivity index (χ1n) is 10.4. The lowest BCUT2D eigenvalue weighted by Gasteiger charge is -2.14. The summed E-state index contributed by atoms with van der Waals surface area (Å²) < 4.78 is 10.7. The highest BCUT2D eigenvalue weighted by Crippen LogP contribution is 2.33. The Kier molecular flexibility index (Phi) is 6.82. The first-order valence-corrected chi connectivity index (χ1v) is 11.3. The van der Waals surface area contributed by atoms with Gasteiger partial charge in [-0.1, -0.05) is 17.8 Å². The van der Waals surface area contributed by atoms with Crippen LogP contribution in [-0.4, -0.2) is 45.8 Å². The summed E-state index contributed by atoms with van der Waals surface area (Å²) in [6.07, 6.45) is 1.36. The number of rotatable bonds is 7. The van der Waals surface area contributed by atoms with E-state index in [1.807, 2.05) is 25.1 Å². The van der Waals surface area contributed by atoms with Crippen LogP contribution in [0.3, 0.4) is 0 Å². The Balaban J connectivity index is 1.33. The number of carboxylic acids is 1. The van der Waals surface area contributed by atoms with Gasteiger partial charge >= 0.3 is 5.97 Å². The summed E-state index contributed by atoms with van der Waals surface area (Å²) in [6.45, 7) is 2.07. The van der Waals surface area contributed by atoms with Gasteiger partial charge < -0.3 is 20.3 Å². The third kappa shape index (κ3) is 5.20. The smallest absolute Gasteiger partial charge is 0.335 e. The molecule has 10 nitrogen and oxygen atoms in total. The van der Waals surface area contributed by atoms with E-state index in [9.17, 15) is 14.4 Å². The SMILES string of the molecule is CC(CCc1ccc2c(c1)OCO2)=NN=C(N)SC1CC(=O)N(c2ccc(C(=O)O)cc2)C1=O. The average Bonchev–Trinajstić information content (AvgIpc) is 3.39. The van der Waals surface area contributed by atoms with Crippen LogP contribution in [0, 0.1) is 0 Å². The molecule has 2 amide bonds. The number of aromatic carboxylic acids is 1. The Morgan fingerprint density at radius 2 is 1.88 bits per heavy atom. The highest BCUT2D eigenvalue weighted by atomic mass is 32.2. The molecule has 34 heavy (non-hydrogen) atoms. The largest absolute Gasteiger partial charge is 0.478 e. The van der Waals surface area contributed by atoms with E-state index >= 15 is 0 Å². The van der Waals surface area contributed by atoms with E-state index in [1.165, 1.54) is 24.3 Å². The van der Waals surface area contributed by atoms with E-state index in [4.69, 9.17) is 20.3 Å². The second-order valence-electron chi connectivity index (χ2n) is 7.69. The maximum atomic E-state index is 12.8. The lowest BCUT2D eigenvalue weighted by Crippen LogP contribution is -2.31. The molecule has 2 aliphatic rings. The molecule has 176 valence electrons. The number of amides is 2. The molecule has 1 unspecified atom stereocenters. The Morgan fingerprint density at radius 3 is 2.62 bits per heavy atom. The molecule has 1 atom stereocenters. The Hall–Kier alpha value is -3.86. The summed E-state index contributed by atoms with van der Waals surface area (Å²) in [5, 5.41) is 16.5. The van der Waals surface area contributed by atoms with Gasteiger partial charge in [-0.2, -0.15) is 5.10 Å². The van der Waals surface area contributed by atoms with Crippen LogP contribution in [0.25, 0.3) is 0 Å². The van der Waals surface area contributed by atoms with Gasteiger partial charge in [-0.25, -0.2) is 9.69 Å². The number of carboxylic acid groups (broad SMARTS) is 1. The van der Waals surface area contributed by atoms with Crippen molar-refractivity contribution in [3.05, 3.63) is 53.6 Å². The molecule has 2 aliphatic heterocycles. The van der Waals surface area contributed by atoms with Crippen molar-refractivity contribution >= 4 is 46.1 Å². The van der Waals surface area contributed by atoms with Gasteiger partial charge in [0.05, 0.1) is 11.3 Å². The second kappa shape index (κ2) is 9.96. The van der Waals surface area contributed by atoms with Gasteiger partial charge in [0.2, 0.25) is 18.6 Å². The van der Waals surface area contributed by atoms with Gasteiger partial charge in [-0.3, -0.25) is 9.59 Å². The van der Waals surface area contributed by atoms with Crippen LogP contribution >= 0.6 is 11.8 Å². The predicted octanol–water partition coefficient (Wildman–Crippen LogP) is 2.80. The molecule has 0 aliphatic carbocycles. The summed E-state index contributed by atoms with van der Waals surface area (Å²) in [5.41, 5.74) is 8.17. The van der Waals surface area contributed by atoms with Crippen molar-refractivity contribution < 1.29 is 29.0 Å². The Bertz CT molecular complexity index is 1190. The molecule has 2 aromatic carbocycles. The fourth-order valence-electron chi connectivity index (χ4n) is 3.50. The number of fused-ring (bicyclic) bond motifs is 1. The monoisotopic (exact) mass is 482 g/mol. The molecule has 1 saturated heterocycles. The van der Waals surface area contributed by atoms with E-state index in [0.717, 1.165) is 45.9 Å². The molecule has 4 rings (SSSR count). The third-order valence-corrected chi connectivity index (χ3v) is 6.25. The van der Waals surface area contributed by atoms with Gasteiger partial charge in [0.1, 0.15) is 5.25 Å². The van der Waals surface area contributed by atoms with E-state index in [2.05, 4.69) is 10.2 Å². The number of carbonyl (C=O) groups excluding carboxylic acids is 2. The quantitative estimate of drug-likeness (QED) is 0.265. The van der Waals surface area contributed by atoms with Crippen LogP contribution in [-0.2, 0) is 16.0 Å². The van der Waals surface area contributed by atoms with Crippen LogP contribution in [0.4, 0.5) is 5.69 Å².